The minimum Gasteiger partial charge on any atom is -0.385 e. The fourth-order valence-corrected chi connectivity index (χ4v) is 1.49. The van der Waals surface area contributed by atoms with E-state index in [0.29, 0.717) is 10.0 Å². The Balaban J connectivity index is 2.57. The Morgan fingerprint density at radius 1 is 1.44 bits per heavy atom. The van der Waals surface area contributed by atoms with Crippen molar-refractivity contribution in [3.8, 4) is 0 Å². The molecule has 1 rings (SSSR count). The molecule has 6 heteroatoms. The lowest BCUT2D eigenvalue weighted by Gasteiger charge is -2.11. The SMILES string of the molecule is O=C(NCC(O)C(F)F)c1ccccc1Br. The molecule has 0 radical (unpaired) electrons. The third kappa shape index (κ3) is 3.53. The van der Waals surface area contributed by atoms with Crippen LogP contribution >= 0.6 is 15.9 Å². The minimum absolute atomic E-state index is 0.337. The van der Waals surface area contributed by atoms with E-state index in [1.54, 1.807) is 24.3 Å². The number of alkyl halides is 2. The molecule has 2 N–H and O–H groups in total. The van der Waals surface area contributed by atoms with Crippen LogP contribution in [0.25, 0.3) is 0 Å². The number of halogens is 3. The zero-order chi connectivity index (χ0) is 12.1. The van der Waals surface area contributed by atoms with Gasteiger partial charge in [0.2, 0.25) is 0 Å². The summed E-state index contributed by atoms with van der Waals surface area (Å²) in [5, 5.41) is 11.0. The molecule has 1 aromatic rings. The number of aliphatic hydroxyl groups is 1. The van der Waals surface area contributed by atoms with Crippen LogP contribution in [-0.4, -0.2) is 30.1 Å². The Morgan fingerprint density at radius 2 is 2.06 bits per heavy atom. The lowest BCUT2D eigenvalue weighted by atomic mass is 10.2. The van der Waals surface area contributed by atoms with Crippen LogP contribution in [-0.2, 0) is 0 Å². The maximum absolute atomic E-state index is 11.9. The fourth-order valence-electron chi connectivity index (χ4n) is 1.03. The number of nitrogens with one attached hydrogen (secondary N) is 1. The highest BCUT2D eigenvalue weighted by atomic mass is 79.9. The molecule has 16 heavy (non-hydrogen) atoms. The van der Waals surface area contributed by atoms with Crippen LogP contribution in [0.2, 0.25) is 0 Å². The summed E-state index contributed by atoms with van der Waals surface area (Å²) in [7, 11) is 0. The third-order valence-electron chi connectivity index (χ3n) is 1.88. The first-order valence-corrected chi connectivity index (χ1v) is 5.30. The van der Waals surface area contributed by atoms with Crippen molar-refractivity contribution in [2.75, 3.05) is 6.54 Å². The summed E-state index contributed by atoms with van der Waals surface area (Å²) in [6.45, 7) is -0.474. The van der Waals surface area contributed by atoms with Crippen molar-refractivity contribution >= 4 is 21.8 Å². The zero-order valence-corrected chi connectivity index (χ0v) is 9.75. The van der Waals surface area contributed by atoms with Gasteiger partial charge in [0.1, 0.15) is 6.10 Å². The van der Waals surface area contributed by atoms with Crippen LogP contribution in [0, 0.1) is 0 Å². The van der Waals surface area contributed by atoms with Crippen molar-refractivity contribution in [3.05, 3.63) is 34.3 Å². The van der Waals surface area contributed by atoms with E-state index < -0.39 is 25.0 Å². The third-order valence-corrected chi connectivity index (χ3v) is 2.57. The molecule has 0 aliphatic carbocycles. The first kappa shape index (κ1) is 13.1. The molecular weight excluding hydrogens is 284 g/mol. The molecule has 0 fully saturated rings. The molecular formula is C10H10BrF2NO2. The second kappa shape index (κ2) is 5.91. The monoisotopic (exact) mass is 293 g/mol. The Hall–Kier alpha value is -1.01. The Bertz CT molecular complexity index is 374. The molecule has 0 spiro atoms. The lowest BCUT2D eigenvalue weighted by Crippen LogP contribution is -2.35. The fraction of sp³-hybridized carbons (Fsp3) is 0.300. The lowest BCUT2D eigenvalue weighted by molar-refractivity contribution is -0.00270. The summed E-state index contributed by atoms with van der Waals surface area (Å²) >= 11 is 3.16. The van der Waals surface area contributed by atoms with Gasteiger partial charge in [0, 0.05) is 11.0 Å². The van der Waals surface area contributed by atoms with Crippen molar-refractivity contribution in [1.29, 1.82) is 0 Å². The molecule has 0 saturated carbocycles. The number of carbonyl (C=O) groups excluding carboxylic acids is 1. The summed E-state index contributed by atoms with van der Waals surface area (Å²) < 4.78 is 24.5. The van der Waals surface area contributed by atoms with Crippen LogP contribution < -0.4 is 5.32 Å². The molecule has 0 aromatic heterocycles. The molecule has 0 aliphatic heterocycles. The molecule has 1 unspecified atom stereocenters. The molecule has 0 bridgehead atoms. The zero-order valence-electron chi connectivity index (χ0n) is 8.16. The Morgan fingerprint density at radius 3 is 2.62 bits per heavy atom. The maximum Gasteiger partial charge on any atom is 0.265 e. The van der Waals surface area contributed by atoms with E-state index in [2.05, 4.69) is 21.2 Å². The predicted molar refractivity (Wildman–Crippen MR) is 58.5 cm³/mol. The van der Waals surface area contributed by atoms with Crippen LogP contribution in [0.4, 0.5) is 8.78 Å². The van der Waals surface area contributed by atoms with E-state index in [0.717, 1.165) is 0 Å². The quantitative estimate of drug-likeness (QED) is 0.889. The second-order valence-corrected chi connectivity index (χ2v) is 3.95. The number of amides is 1. The predicted octanol–water partition coefficient (Wildman–Crippen LogP) is 1.80. The Labute approximate surface area is 99.6 Å². The summed E-state index contributed by atoms with van der Waals surface area (Å²) in [6, 6.07) is 6.60. The van der Waals surface area contributed by atoms with E-state index in [9.17, 15) is 13.6 Å². The highest BCUT2D eigenvalue weighted by Gasteiger charge is 2.18. The molecule has 88 valence electrons. The molecule has 1 amide bonds. The topological polar surface area (TPSA) is 49.3 Å². The maximum atomic E-state index is 11.9. The first-order valence-electron chi connectivity index (χ1n) is 4.51. The number of rotatable bonds is 4. The standard InChI is InChI=1S/C10H10BrF2NO2/c11-7-4-2-1-3-6(7)10(16)14-5-8(15)9(12)13/h1-4,8-9,15H,5H2,(H,14,16). The average molecular weight is 294 g/mol. The molecule has 0 heterocycles. The van der Waals surface area contributed by atoms with Crippen molar-refractivity contribution in [2.45, 2.75) is 12.5 Å². The van der Waals surface area contributed by atoms with Gasteiger partial charge in [-0.15, -0.1) is 0 Å². The van der Waals surface area contributed by atoms with Crippen molar-refractivity contribution in [2.24, 2.45) is 0 Å². The van der Waals surface area contributed by atoms with E-state index in [1.807, 2.05) is 0 Å². The van der Waals surface area contributed by atoms with Gasteiger partial charge >= 0.3 is 0 Å². The van der Waals surface area contributed by atoms with Crippen LogP contribution in [0.1, 0.15) is 10.4 Å². The Kier molecular flexibility index (Phi) is 4.82. The van der Waals surface area contributed by atoms with E-state index in [1.165, 1.54) is 0 Å². The van der Waals surface area contributed by atoms with Crippen LogP contribution in [0.15, 0.2) is 28.7 Å². The van der Waals surface area contributed by atoms with Crippen molar-refractivity contribution in [3.63, 3.8) is 0 Å². The molecule has 3 nitrogen and oxygen atoms in total. The molecule has 1 atom stereocenters. The summed E-state index contributed by atoms with van der Waals surface area (Å²) in [6.07, 6.45) is -4.70. The summed E-state index contributed by atoms with van der Waals surface area (Å²) in [5.74, 6) is -0.507. The summed E-state index contributed by atoms with van der Waals surface area (Å²) in [4.78, 5) is 11.5. The molecule has 0 saturated heterocycles. The van der Waals surface area contributed by atoms with E-state index >= 15 is 0 Å². The summed E-state index contributed by atoms with van der Waals surface area (Å²) in [5.41, 5.74) is 0.337. The first-order chi connectivity index (χ1) is 7.52. The van der Waals surface area contributed by atoms with Gasteiger partial charge in [-0.3, -0.25) is 4.79 Å². The molecule has 1 aromatic carbocycles. The number of aliphatic hydroxyl groups excluding tert-OH is 1. The van der Waals surface area contributed by atoms with Gasteiger partial charge in [0.05, 0.1) is 5.56 Å². The average Bonchev–Trinajstić information content (AvgIpc) is 2.25. The number of carbonyl (C=O) groups is 1. The van der Waals surface area contributed by atoms with E-state index in [4.69, 9.17) is 5.11 Å². The minimum atomic E-state index is -2.86. The largest absolute Gasteiger partial charge is 0.385 e. The smallest absolute Gasteiger partial charge is 0.265 e. The second-order valence-electron chi connectivity index (χ2n) is 3.09. The number of hydrogen-bond donors (Lipinski definition) is 2. The normalized spacial score (nSPS) is 12.6. The number of hydrogen-bond acceptors (Lipinski definition) is 2. The van der Waals surface area contributed by atoms with Crippen LogP contribution in [0.5, 0.6) is 0 Å². The van der Waals surface area contributed by atoms with Gasteiger partial charge in [-0.25, -0.2) is 8.78 Å². The van der Waals surface area contributed by atoms with Gasteiger partial charge in [-0.05, 0) is 28.1 Å². The van der Waals surface area contributed by atoms with Gasteiger partial charge < -0.3 is 10.4 Å². The van der Waals surface area contributed by atoms with Crippen molar-refractivity contribution in [1.82, 2.24) is 5.32 Å². The molecule has 0 aliphatic rings. The van der Waals surface area contributed by atoms with Crippen molar-refractivity contribution < 1.29 is 18.7 Å². The van der Waals surface area contributed by atoms with Gasteiger partial charge in [-0.2, -0.15) is 0 Å². The highest BCUT2D eigenvalue weighted by molar-refractivity contribution is 9.10. The van der Waals surface area contributed by atoms with Crippen LogP contribution in [0.3, 0.4) is 0 Å². The van der Waals surface area contributed by atoms with Gasteiger partial charge in [0.25, 0.3) is 12.3 Å². The number of benzene rings is 1. The van der Waals surface area contributed by atoms with Gasteiger partial charge in [-0.1, -0.05) is 12.1 Å². The highest BCUT2D eigenvalue weighted by Crippen LogP contribution is 2.15. The van der Waals surface area contributed by atoms with E-state index in [-0.39, 0.29) is 0 Å². The van der Waals surface area contributed by atoms with Gasteiger partial charge in [0.15, 0.2) is 0 Å².